The molecule has 4 N–H and O–H groups in total. The third-order valence-electron chi connectivity index (χ3n) is 2.92. The molecule has 1 amide bonds. The summed E-state index contributed by atoms with van der Waals surface area (Å²) in [4.78, 5) is 22.5. The van der Waals surface area contributed by atoms with E-state index in [-0.39, 0.29) is 18.1 Å². The van der Waals surface area contributed by atoms with Crippen molar-refractivity contribution in [3.63, 3.8) is 0 Å². The number of ether oxygens (including phenoxy) is 1. The van der Waals surface area contributed by atoms with E-state index in [4.69, 9.17) is 15.7 Å². The molecule has 0 aromatic carbocycles. The SMILES string of the molecule is CC(C)(O)COc1cnc2[nH]cc(C/C=C(\C#N)C(N)=O)c2n1. The molecular formula is C15H17N5O3. The highest BCUT2D eigenvalue weighted by Gasteiger charge is 2.15. The number of aliphatic hydroxyl groups is 1. The number of nitriles is 1. The number of aromatic nitrogens is 3. The smallest absolute Gasteiger partial charge is 0.259 e. The fourth-order valence-corrected chi connectivity index (χ4v) is 1.82. The van der Waals surface area contributed by atoms with Crippen LogP contribution in [0.25, 0.3) is 11.2 Å². The summed E-state index contributed by atoms with van der Waals surface area (Å²) in [5, 5.41) is 18.5. The van der Waals surface area contributed by atoms with Gasteiger partial charge in [0.15, 0.2) is 5.65 Å². The normalized spacial score (nSPS) is 12.2. The molecule has 0 atom stereocenters. The molecular weight excluding hydrogens is 298 g/mol. The molecule has 0 saturated carbocycles. The van der Waals surface area contributed by atoms with E-state index in [9.17, 15) is 9.90 Å². The third-order valence-corrected chi connectivity index (χ3v) is 2.92. The number of nitrogens with zero attached hydrogens (tertiary/aromatic N) is 3. The Kier molecular flexibility index (Phi) is 4.62. The number of aromatic amines is 1. The Morgan fingerprint density at radius 1 is 1.61 bits per heavy atom. The van der Waals surface area contributed by atoms with Gasteiger partial charge in [-0.25, -0.2) is 9.97 Å². The Morgan fingerprint density at radius 2 is 2.35 bits per heavy atom. The van der Waals surface area contributed by atoms with Gasteiger partial charge in [0, 0.05) is 11.8 Å². The van der Waals surface area contributed by atoms with E-state index in [1.807, 2.05) is 0 Å². The Bertz CT molecular complexity index is 796. The molecule has 2 rings (SSSR count). The number of carbonyl (C=O) groups excluding carboxylic acids is 1. The van der Waals surface area contributed by atoms with Gasteiger partial charge in [-0.3, -0.25) is 4.79 Å². The summed E-state index contributed by atoms with van der Waals surface area (Å²) >= 11 is 0. The molecule has 0 aliphatic carbocycles. The van der Waals surface area contributed by atoms with Gasteiger partial charge in [-0.1, -0.05) is 6.08 Å². The number of primary amides is 1. The standard InChI is InChI=1S/C15H17N5O3/c1-15(2,22)8-23-11-7-19-14-12(20-11)10(6-18-14)4-3-9(5-16)13(17)21/h3,6-7,22H,4,8H2,1-2H3,(H2,17,21)(H,18,19)/b9-3+. The summed E-state index contributed by atoms with van der Waals surface area (Å²) in [5.41, 5.74) is 5.87. The zero-order valence-corrected chi connectivity index (χ0v) is 12.8. The molecule has 8 nitrogen and oxygen atoms in total. The molecule has 2 heterocycles. The van der Waals surface area contributed by atoms with Crippen LogP contribution in [0.3, 0.4) is 0 Å². The minimum atomic E-state index is -0.983. The number of rotatable bonds is 6. The number of allylic oxidation sites excluding steroid dienone is 1. The van der Waals surface area contributed by atoms with Gasteiger partial charge in [0.05, 0.1) is 11.8 Å². The lowest BCUT2D eigenvalue weighted by Crippen LogP contribution is -2.28. The topological polar surface area (TPSA) is 138 Å². The van der Waals surface area contributed by atoms with Crippen LogP contribution in [0.2, 0.25) is 0 Å². The predicted molar refractivity (Wildman–Crippen MR) is 82.3 cm³/mol. The van der Waals surface area contributed by atoms with Crippen molar-refractivity contribution in [1.29, 1.82) is 5.26 Å². The number of amides is 1. The van der Waals surface area contributed by atoms with Crippen molar-refractivity contribution in [1.82, 2.24) is 15.0 Å². The molecule has 23 heavy (non-hydrogen) atoms. The Hall–Kier alpha value is -2.92. The first-order valence-electron chi connectivity index (χ1n) is 6.88. The highest BCUT2D eigenvalue weighted by molar-refractivity contribution is 5.95. The maximum atomic E-state index is 11.0. The molecule has 2 aromatic rings. The number of nitrogens with two attached hydrogens (primary N) is 1. The largest absolute Gasteiger partial charge is 0.474 e. The molecule has 0 aliphatic rings. The van der Waals surface area contributed by atoms with Crippen LogP contribution in [0.15, 0.2) is 24.0 Å². The lowest BCUT2D eigenvalue weighted by Gasteiger charge is -2.16. The molecule has 0 aliphatic heterocycles. The number of H-pyrrole nitrogens is 1. The van der Waals surface area contributed by atoms with Crippen molar-refractivity contribution in [3.8, 4) is 11.9 Å². The van der Waals surface area contributed by atoms with Crippen molar-refractivity contribution >= 4 is 17.1 Å². The number of nitrogens with one attached hydrogen (secondary N) is 1. The second-order valence-electron chi connectivity index (χ2n) is 5.62. The molecule has 0 radical (unpaired) electrons. The molecule has 0 spiro atoms. The van der Waals surface area contributed by atoms with Gasteiger partial charge in [-0.2, -0.15) is 5.26 Å². The van der Waals surface area contributed by atoms with E-state index >= 15 is 0 Å². The van der Waals surface area contributed by atoms with Crippen LogP contribution in [0, 0.1) is 11.3 Å². The summed E-state index contributed by atoms with van der Waals surface area (Å²) < 4.78 is 5.41. The summed E-state index contributed by atoms with van der Waals surface area (Å²) in [5.74, 6) is -0.493. The molecule has 0 saturated heterocycles. The van der Waals surface area contributed by atoms with E-state index in [1.54, 1.807) is 26.1 Å². The molecule has 0 unspecified atom stereocenters. The monoisotopic (exact) mass is 315 g/mol. The lowest BCUT2D eigenvalue weighted by atomic mass is 10.1. The average molecular weight is 315 g/mol. The van der Waals surface area contributed by atoms with Crippen molar-refractivity contribution in [2.75, 3.05) is 6.61 Å². The maximum Gasteiger partial charge on any atom is 0.259 e. The van der Waals surface area contributed by atoms with Crippen LogP contribution < -0.4 is 10.5 Å². The van der Waals surface area contributed by atoms with E-state index in [1.165, 1.54) is 12.3 Å². The Labute approximate surface area is 132 Å². The molecule has 2 aromatic heterocycles. The van der Waals surface area contributed by atoms with Crippen LogP contribution in [0.5, 0.6) is 5.88 Å². The molecule has 120 valence electrons. The van der Waals surface area contributed by atoms with Crippen LogP contribution in [-0.4, -0.2) is 38.2 Å². The molecule has 0 fully saturated rings. The molecule has 0 bridgehead atoms. The van der Waals surface area contributed by atoms with E-state index < -0.39 is 11.5 Å². The van der Waals surface area contributed by atoms with E-state index in [0.717, 1.165) is 5.56 Å². The highest BCUT2D eigenvalue weighted by Crippen LogP contribution is 2.19. The number of carbonyl (C=O) groups is 1. The zero-order valence-electron chi connectivity index (χ0n) is 12.8. The first-order valence-corrected chi connectivity index (χ1v) is 6.88. The van der Waals surface area contributed by atoms with Gasteiger partial charge in [-0.15, -0.1) is 0 Å². The maximum absolute atomic E-state index is 11.0. The third kappa shape index (κ3) is 4.28. The quantitative estimate of drug-likeness (QED) is 0.526. The van der Waals surface area contributed by atoms with Gasteiger partial charge in [-0.05, 0) is 20.3 Å². The van der Waals surface area contributed by atoms with Crippen LogP contribution in [0.4, 0.5) is 0 Å². The van der Waals surface area contributed by atoms with Gasteiger partial charge >= 0.3 is 0 Å². The first kappa shape index (κ1) is 16.5. The van der Waals surface area contributed by atoms with E-state index in [0.29, 0.717) is 17.6 Å². The van der Waals surface area contributed by atoms with Gasteiger partial charge in [0.2, 0.25) is 5.88 Å². The van der Waals surface area contributed by atoms with E-state index in [2.05, 4.69) is 15.0 Å². The second kappa shape index (κ2) is 6.46. The van der Waals surface area contributed by atoms with Crippen molar-refractivity contribution < 1.29 is 14.6 Å². The van der Waals surface area contributed by atoms with Gasteiger partial charge in [0.25, 0.3) is 5.91 Å². The van der Waals surface area contributed by atoms with Crippen molar-refractivity contribution in [3.05, 3.63) is 29.6 Å². The number of hydrogen-bond donors (Lipinski definition) is 3. The van der Waals surface area contributed by atoms with Gasteiger partial charge < -0.3 is 20.6 Å². The number of hydrogen-bond acceptors (Lipinski definition) is 6. The van der Waals surface area contributed by atoms with Crippen LogP contribution in [0.1, 0.15) is 19.4 Å². The second-order valence-corrected chi connectivity index (χ2v) is 5.62. The van der Waals surface area contributed by atoms with Crippen LogP contribution in [-0.2, 0) is 11.2 Å². The minimum Gasteiger partial charge on any atom is -0.474 e. The van der Waals surface area contributed by atoms with Gasteiger partial charge in [0.1, 0.15) is 23.8 Å². The predicted octanol–water partition coefficient (Wildman–Crippen LogP) is 0.585. The summed E-state index contributed by atoms with van der Waals surface area (Å²) in [6.45, 7) is 3.32. The Balaban J connectivity index is 2.25. The summed E-state index contributed by atoms with van der Waals surface area (Å²) in [6, 6.07) is 1.75. The minimum absolute atomic E-state index is 0.0765. The highest BCUT2D eigenvalue weighted by atomic mass is 16.5. The Morgan fingerprint density at radius 3 is 2.96 bits per heavy atom. The average Bonchev–Trinajstić information content (AvgIpc) is 2.87. The zero-order chi connectivity index (χ0) is 17.0. The summed E-state index contributed by atoms with van der Waals surface area (Å²) in [7, 11) is 0. The fraction of sp³-hybridized carbons (Fsp3) is 0.333. The fourth-order valence-electron chi connectivity index (χ4n) is 1.82. The van der Waals surface area contributed by atoms with Crippen molar-refractivity contribution in [2.45, 2.75) is 25.9 Å². The first-order chi connectivity index (χ1) is 10.8. The summed E-state index contributed by atoms with van der Waals surface area (Å²) in [6.07, 6.45) is 4.89. The number of fused-ring (bicyclic) bond motifs is 1. The lowest BCUT2D eigenvalue weighted by molar-refractivity contribution is -0.114. The van der Waals surface area contributed by atoms with Crippen LogP contribution >= 0.6 is 0 Å². The van der Waals surface area contributed by atoms with Crippen molar-refractivity contribution in [2.24, 2.45) is 5.73 Å². The molecule has 8 heteroatoms.